The van der Waals surface area contributed by atoms with Gasteiger partial charge in [-0.25, -0.2) is 0 Å². The largest absolute Gasteiger partial charge is 0.350 e. The lowest BCUT2D eigenvalue weighted by Gasteiger charge is -2.34. The van der Waals surface area contributed by atoms with Crippen LogP contribution in [0.25, 0.3) is 0 Å². The number of carbonyl (C=O) groups is 1. The number of hydrogen-bond donors (Lipinski definition) is 2. The molecule has 1 rings (SSSR count). The highest BCUT2D eigenvalue weighted by molar-refractivity contribution is 5.82. The molecule has 0 bridgehead atoms. The molecule has 1 unspecified atom stereocenters. The Morgan fingerprint density at radius 2 is 1.94 bits per heavy atom. The minimum atomic E-state index is -0.125. The van der Waals surface area contributed by atoms with Gasteiger partial charge in [0.2, 0.25) is 5.91 Å². The van der Waals surface area contributed by atoms with Crippen LogP contribution in [-0.4, -0.2) is 24.0 Å². The van der Waals surface area contributed by atoms with Crippen molar-refractivity contribution in [1.29, 1.82) is 0 Å². The summed E-state index contributed by atoms with van der Waals surface area (Å²) in [5, 5.41) is 6.38. The lowest BCUT2D eigenvalue weighted by molar-refractivity contribution is -0.124. The molecule has 3 heteroatoms. The van der Waals surface area contributed by atoms with E-state index in [0.29, 0.717) is 0 Å². The van der Waals surface area contributed by atoms with Gasteiger partial charge in [-0.15, -0.1) is 0 Å². The Hall–Kier alpha value is -0.570. The molecule has 1 saturated heterocycles. The third kappa shape index (κ3) is 4.52. The minimum Gasteiger partial charge on any atom is -0.350 e. The second-order valence-corrected chi connectivity index (χ2v) is 6.76. The summed E-state index contributed by atoms with van der Waals surface area (Å²) >= 11 is 0. The number of carbonyl (C=O) groups excluding carboxylic acids is 1. The van der Waals surface area contributed by atoms with Crippen LogP contribution < -0.4 is 10.6 Å². The first-order chi connectivity index (χ1) is 7.20. The average molecular weight is 226 g/mol. The van der Waals surface area contributed by atoms with Crippen LogP contribution in [0.4, 0.5) is 0 Å². The van der Waals surface area contributed by atoms with E-state index in [1.54, 1.807) is 0 Å². The van der Waals surface area contributed by atoms with Gasteiger partial charge in [0.05, 0.1) is 6.04 Å². The first-order valence-electron chi connectivity index (χ1n) is 6.25. The van der Waals surface area contributed by atoms with Crippen molar-refractivity contribution in [3.8, 4) is 0 Å². The van der Waals surface area contributed by atoms with Gasteiger partial charge in [0, 0.05) is 5.54 Å². The van der Waals surface area contributed by atoms with Gasteiger partial charge in [0.15, 0.2) is 0 Å². The van der Waals surface area contributed by atoms with E-state index in [1.165, 1.54) is 0 Å². The molecule has 0 aromatic heterocycles. The lowest BCUT2D eigenvalue weighted by atomic mass is 9.81. The minimum absolute atomic E-state index is 0.0271. The molecule has 16 heavy (non-hydrogen) atoms. The summed E-state index contributed by atoms with van der Waals surface area (Å²) in [6, 6.07) is 0.0271. The van der Waals surface area contributed by atoms with E-state index in [0.717, 1.165) is 25.8 Å². The fourth-order valence-corrected chi connectivity index (χ4v) is 2.70. The van der Waals surface area contributed by atoms with Crippen LogP contribution in [0.15, 0.2) is 0 Å². The molecule has 94 valence electrons. The van der Waals surface area contributed by atoms with Gasteiger partial charge in [-0.05, 0) is 45.1 Å². The quantitative estimate of drug-likeness (QED) is 0.773. The number of nitrogens with one attached hydrogen (secondary N) is 2. The zero-order valence-electron chi connectivity index (χ0n) is 11.3. The Morgan fingerprint density at radius 3 is 2.38 bits per heavy atom. The molecular weight excluding hydrogens is 200 g/mol. The average Bonchev–Trinajstić information content (AvgIpc) is 2.48. The number of hydrogen-bond acceptors (Lipinski definition) is 2. The van der Waals surface area contributed by atoms with Crippen molar-refractivity contribution < 1.29 is 4.79 Å². The van der Waals surface area contributed by atoms with Crippen molar-refractivity contribution in [1.82, 2.24) is 10.6 Å². The van der Waals surface area contributed by atoms with Crippen molar-refractivity contribution in [2.45, 2.75) is 65.5 Å². The van der Waals surface area contributed by atoms with Crippen LogP contribution in [0.1, 0.15) is 53.9 Å². The molecule has 1 fully saturated rings. The van der Waals surface area contributed by atoms with Gasteiger partial charge in [-0.1, -0.05) is 20.8 Å². The maximum Gasteiger partial charge on any atom is 0.237 e. The Kier molecular flexibility index (Phi) is 4.00. The lowest BCUT2D eigenvalue weighted by Crippen LogP contribution is -2.51. The number of rotatable bonds is 3. The Balaban J connectivity index is 2.48. The van der Waals surface area contributed by atoms with E-state index in [2.05, 4.69) is 45.3 Å². The van der Waals surface area contributed by atoms with E-state index in [-0.39, 0.29) is 22.9 Å². The molecule has 0 aromatic carbocycles. The fraction of sp³-hybridized carbons (Fsp3) is 0.923. The van der Waals surface area contributed by atoms with Crippen LogP contribution in [0.2, 0.25) is 0 Å². The molecule has 0 aliphatic carbocycles. The zero-order valence-corrected chi connectivity index (χ0v) is 11.3. The third-order valence-electron chi connectivity index (χ3n) is 2.81. The van der Waals surface area contributed by atoms with E-state index >= 15 is 0 Å². The maximum atomic E-state index is 12.0. The molecule has 3 nitrogen and oxygen atoms in total. The predicted octanol–water partition coefficient (Wildman–Crippen LogP) is 2.07. The third-order valence-corrected chi connectivity index (χ3v) is 2.81. The molecule has 0 saturated carbocycles. The summed E-state index contributed by atoms with van der Waals surface area (Å²) in [5.41, 5.74) is 0.111. The van der Waals surface area contributed by atoms with Crippen LogP contribution in [0, 0.1) is 5.41 Å². The van der Waals surface area contributed by atoms with E-state index < -0.39 is 0 Å². The summed E-state index contributed by atoms with van der Waals surface area (Å²) in [6.45, 7) is 11.8. The summed E-state index contributed by atoms with van der Waals surface area (Å²) in [5.74, 6) is 0.159. The monoisotopic (exact) mass is 226 g/mol. The summed E-state index contributed by atoms with van der Waals surface area (Å²) in [6.07, 6.45) is 3.06. The molecule has 1 atom stereocenters. The van der Waals surface area contributed by atoms with Gasteiger partial charge in [-0.3, -0.25) is 4.79 Å². The molecule has 1 amide bonds. The fourth-order valence-electron chi connectivity index (χ4n) is 2.70. The molecule has 0 spiro atoms. The predicted molar refractivity (Wildman–Crippen MR) is 67.3 cm³/mol. The maximum absolute atomic E-state index is 12.0. The van der Waals surface area contributed by atoms with Gasteiger partial charge in [0.25, 0.3) is 0 Å². The van der Waals surface area contributed by atoms with E-state index in [4.69, 9.17) is 0 Å². The Labute approximate surface area is 99.4 Å². The molecule has 2 N–H and O–H groups in total. The molecule has 0 radical (unpaired) electrons. The van der Waals surface area contributed by atoms with Crippen molar-refractivity contribution in [3.63, 3.8) is 0 Å². The van der Waals surface area contributed by atoms with E-state index in [1.807, 2.05) is 0 Å². The van der Waals surface area contributed by atoms with Gasteiger partial charge < -0.3 is 10.6 Å². The normalized spacial score (nSPS) is 22.2. The topological polar surface area (TPSA) is 41.1 Å². The first kappa shape index (κ1) is 13.5. The van der Waals surface area contributed by atoms with Crippen molar-refractivity contribution >= 4 is 5.91 Å². The summed E-state index contributed by atoms with van der Waals surface area (Å²) < 4.78 is 0. The van der Waals surface area contributed by atoms with Crippen molar-refractivity contribution in [2.24, 2.45) is 5.41 Å². The highest BCUT2D eigenvalue weighted by atomic mass is 16.2. The highest BCUT2D eigenvalue weighted by Crippen LogP contribution is 2.26. The van der Waals surface area contributed by atoms with Crippen LogP contribution in [0.5, 0.6) is 0 Å². The summed E-state index contributed by atoms with van der Waals surface area (Å²) in [4.78, 5) is 12.0. The van der Waals surface area contributed by atoms with E-state index in [9.17, 15) is 4.79 Å². The standard InChI is InChI=1S/C13H26N2O/c1-12(2,3)9-13(4,5)15-11(16)10-7-6-8-14-10/h10,14H,6-9H2,1-5H3,(H,15,16). The molecular formula is C13H26N2O. The van der Waals surface area contributed by atoms with Crippen LogP contribution in [0.3, 0.4) is 0 Å². The van der Waals surface area contributed by atoms with Gasteiger partial charge >= 0.3 is 0 Å². The SMILES string of the molecule is CC(C)(C)CC(C)(C)NC(=O)C1CCCN1. The van der Waals surface area contributed by atoms with Crippen molar-refractivity contribution in [3.05, 3.63) is 0 Å². The van der Waals surface area contributed by atoms with Crippen molar-refractivity contribution in [2.75, 3.05) is 6.54 Å². The highest BCUT2D eigenvalue weighted by Gasteiger charge is 2.30. The zero-order chi connectivity index (χ0) is 12.4. The Morgan fingerprint density at radius 1 is 1.31 bits per heavy atom. The van der Waals surface area contributed by atoms with Crippen LogP contribution in [-0.2, 0) is 4.79 Å². The first-order valence-corrected chi connectivity index (χ1v) is 6.25. The molecule has 0 aromatic rings. The van der Waals surface area contributed by atoms with Gasteiger partial charge in [0.1, 0.15) is 0 Å². The smallest absolute Gasteiger partial charge is 0.237 e. The Bertz CT molecular complexity index is 247. The molecule has 1 heterocycles. The molecule has 1 aliphatic heterocycles. The second kappa shape index (κ2) is 4.74. The second-order valence-electron chi connectivity index (χ2n) is 6.76. The van der Waals surface area contributed by atoms with Crippen LogP contribution >= 0.6 is 0 Å². The summed E-state index contributed by atoms with van der Waals surface area (Å²) in [7, 11) is 0. The van der Waals surface area contributed by atoms with Gasteiger partial charge in [-0.2, -0.15) is 0 Å². The molecule has 1 aliphatic rings. The number of amides is 1.